The maximum Gasteiger partial charge on any atom is 0.407 e. The first kappa shape index (κ1) is 19.4. The van der Waals surface area contributed by atoms with E-state index < -0.39 is 30.0 Å². The van der Waals surface area contributed by atoms with E-state index in [2.05, 4.69) is 10.2 Å². The van der Waals surface area contributed by atoms with Gasteiger partial charge < -0.3 is 20.0 Å². The molecule has 1 atom stereocenters. The van der Waals surface area contributed by atoms with Crippen LogP contribution >= 0.6 is 0 Å². The lowest BCUT2D eigenvalue weighted by Crippen LogP contribution is -2.36. The Kier molecular flexibility index (Phi) is 7.10. The van der Waals surface area contributed by atoms with Crippen LogP contribution in [0.25, 0.3) is 0 Å². The van der Waals surface area contributed by atoms with Crippen molar-refractivity contribution in [1.82, 2.24) is 10.4 Å². The summed E-state index contributed by atoms with van der Waals surface area (Å²) in [4.78, 5) is 50.4. The summed E-state index contributed by atoms with van der Waals surface area (Å²) < 4.78 is 5.01. The highest BCUT2D eigenvalue weighted by Crippen LogP contribution is 2.13. The van der Waals surface area contributed by atoms with Gasteiger partial charge in [0.1, 0.15) is 6.61 Å². The fourth-order valence-electron chi connectivity index (χ4n) is 2.19. The maximum atomic E-state index is 11.6. The Morgan fingerprint density at radius 1 is 1.15 bits per heavy atom. The van der Waals surface area contributed by atoms with E-state index in [0.29, 0.717) is 5.06 Å². The fraction of sp³-hybridized carbons (Fsp3) is 0.412. The summed E-state index contributed by atoms with van der Waals surface area (Å²) in [6.07, 6.45) is -1.88. The van der Waals surface area contributed by atoms with Crippen LogP contribution in [-0.4, -0.2) is 46.7 Å². The first-order valence-electron chi connectivity index (χ1n) is 8.17. The molecule has 0 bridgehead atoms. The SMILES string of the molecule is O=C(NCCCC(O)C(=O)ON1C(=O)CCC1=O)OCc1ccccc1. The van der Waals surface area contributed by atoms with Crippen LogP contribution in [0.4, 0.5) is 4.79 Å². The predicted molar refractivity (Wildman–Crippen MR) is 87.0 cm³/mol. The van der Waals surface area contributed by atoms with Gasteiger partial charge >= 0.3 is 12.1 Å². The Morgan fingerprint density at radius 3 is 2.46 bits per heavy atom. The first-order valence-corrected chi connectivity index (χ1v) is 8.17. The minimum Gasteiger partial charge on any atom is -0.445 e. The highest BCUT2D eigenvalue weighted by atomic mass is 16.7. The third-order valence-corrected chi connectivity index (χ3v) is 3.60. The lowest BCUT2D eigenvalue weighted by Gasteiger charge is -2.15. The minimum atomic E-state index is -1.50. The molecule has 1 fully saturated rings. The van der Waals surface area contributed by atoms with E-state index in [1.807, 2.05) is 30.3 Å². The predicted octanol–water partition coefficient (Wildman–Crippen LogP) is 0.661. The van der Waals surface area contributed by atoms with Crippen molar-refractivity contribution in [1.29, 1.82) is 0 Å². The molecule has 140 valence electrons. The number of carbonyl (C=O) groups is 4. The molecule has 1 aromatic carbocycles. The summed E-state index contributed by atoms with van der Waals surface area (Å²) in [5.74, 6) is -2.31. The summed E-state index contributed by atoms with van der Waals surface area (Å²) in [5.41, 5.74) is 0.854. The van der Waals surface area contributed by atoms with E-state index in [1.165, 1.54) is 0 Å². The van der Waals surface area contributed by atoms with Crippen molar-refractivity contribution < 1.29 is 33.9 Å². The highest BCUT2D eigenvalue weighted by Gasteiger charge is 2.34. The molecule has 9 heteroatoms. The molecule has 1 aliphatic heterocycles. The van der Waals surface area contributed by atoms with Gasteiger partial charge in [0.15, 0.2) is 6.10 Å². The van der Waals surface area contributed by atoms with Crippen molar-refractivity contribution in [2.45, 2.75) is 38.4 Å². The second kappa shape index (κ2) is 9.52. The zero-order valence-electron chi connectivity index (χ0n) is 14.1. The molecule has 1 aliphatic rings. The maximum absolute atomic E-state index is 11.6. The molecule has 3 amide bonds. The number of alkyl carbamates (subject to hydrolysis) is 1. The Morgan fingerprint density at radius 2 is 1.81 bits per heavy atom. The minimum absolute atomic E-state index is 0.00593. The monoisotopic (exact) mass is 364 g/mol. The molecule has 0 saturated carbocycles. The van der Waals surface area contributed by atoms with Gasteiger partial charge in [-0.2, -0.15) is 0 Å². The van der Waals surface area contributed by atoms with Gasteiger partial charge in [-0.05, 0) is 18.4 Å². The number of aliphatic hydroxyl groups excluding tert-OH is 1. The lowest BCUT2D eigenvalue weighted by molar-refractivity contribution is -0.203. The summed E-state index contributed by atoms with van der Waals surface area (Å²) in [6, 6.07) is 9.17. The van der Waals surface area contributed by atoms with Crippen LogP contribution in [0.2, 0.25) is 0 Å². The van der Waals surface area contributed by atoms with Crippen LogP contribution in [0.5, 0.6) is 0 Å². The number of imide groups is 1. The standard InChI is InChI=1S/C17H20N2O7/c20-13(16(23)26-19-14(21)8-9-15(19)22)7-4-10-18-17(24)25-11-12-5-2-1-3-6-12/h1-3,5-6,13,20H,4,7-11H2,(H,18,24). The third kappa shape index (κ3) is 5.85. The van der Waals surface area contributed by atoms with Crippen molar-refractivity contribution in [2.24, 2.45) is 0 Å². The second-order valence-electron chi connectivity index (χ2n) is 5.64. The van der Waals surface area contributed by atoms with Crippen molar-refractivity contribution in [2.75, 3.05) is 6.54 Å². The van der Waals surface area contributed by atoms with Gasteiger partial charge in [-0.25, -0.2) is 9.59 Å². The number of carbonyl (C=O) groups excluding carboxylic acids is 4. The van der Waals surface area contributed by atoms with Crippen molar-refractivity contribution >= 4 is 23.9 Å². The Hall–Kier alpha value is -2.94. The molecule has 1 heterocycles. The molecule has 1 unspecified atom stereocenters. The molecule has 9 nitrogen and oxygen atoms in total. The van der Waals surface area contributed by atoms with Crippen LogP contribution in [0.3, 0.4) is 0 Å². The number of amides is 3. The van der Waals surface area contributed by atoms with Crippen LogP contribution < -0.4 is 5.32 Å². The summed E-state index contributed by atoms with van der Waals surface area (Å²) in [5, 5.41) is 12.6. The molecular formula is C17H20N2O7. The van der Waals surface area contributed by atoms with E-state index in [0.717, 1.165) is 5.56 Å². The topological polar surface area (TPSA) is 122 Å². The molecular weight excluding hydrogens is 344 g/mol. The van der Waals surface area contributed by atoms with Crippen LogP contribution in [0, 0.1) is 0 Å². The van der Waals surface area contributed by atoms with E-state index in [4.69, 9.17) is 4.74 Å². The quantitative estimate of drug-likeness (QED) is 0.513. The molecule has 1 aromatic rings. The Bertz CT molecular complexity index is 646. The van der Waals surface area contributed by atoms with Crippen molar-refractivity contribution in [3.8, 4) is 0 Å². The number of aliphatic hydroxyl groups is 1. The third-order valence-electron chi connectivity index (χ3n) is 3.60. The molecule has 2 N–H and O–H groups in total. The molecule has 0 radical (unpaired) electrons. The number of rotatable bonds is 8. The number of hydrogen-bond donors (Lipinski definition) is 2. The van der Waals surface area contributed by atoms with Crippen LogP contribution in [0.1, 0.15) is 31.2 Å². The molecule has 0 aromatic heterocycles. The normalized spacial score (nSPS) is 14.9. The zero-order valence-corrected chi connectivity index (χ0v) is 14.1. The van der Waals surface area contributed by atoms with Gasteiger partial charge in [0.05, 0.1) is 0 Å². The van der Waals surface area contributed by atoms with E-state index in [-0.39, 0.29) is 38.8 Å². The number of benzene rings is 1. The Labute approximate surface area is 149 Å². The zero-order chi connectivity index (χ0) is 18.9. The number of ether oxygens (including phenoxy) is 1. The first-order chi connectivity index (χ1) is 12.5. The molecule has 1 saturated heterocycles. The smallest absolute Gasteiger partial charge is 0.407 e. The second-order valence-corrected chi connectivity index (χ2v) is 5.64. The summed E-state index contributed by atoms with van der Waals surface area (Å²) in [7, 11) is 0. The van der Waals surface area contributed by atoms with Gasteiger partial charge in [0.2, 0.25) is 0 Å². The average molecular weight is 364 g/mol. The molecule has 0 aliphatic carbocycles. The number of nitrogens with one attached hydrogen (secondary N) is 1. The van der Waals surface area contributed by atoms with E-state index >= 15 is 0 Å². The van der Waals surface area contributed by atoms with Gasteiger partial charge in [-0.15, -0.1) is 5.06 Å². The molecule has 0 spiro atoms. The van der Waals surface area contributed by atoms with Crippen molar-refractivity contribution in [3.63, 3.8) is 0 Å². The molecule has 26 heavy (non-hydrogen) atoms. The Balaban J connectivity index is 1.59. The van der Waals surface area contributed by atoms with Crippen LogP contribution in [-0.2, 0) is 30.6 Å². The summed E-state index contributed by atoms with van der Waals surface area (Å²) in [6.45, 7) is 0.319. The lowest BCUT2D eigenvalue weighted by atomic mass is 10.2. The van der Waals surface area contributed by atoms with E-state index in [9.17, 15) is 24.3 Å². The van der Waals surface area contributed by atoms with E-state index in [1.54, 1.807) is 0 Å². The van der Waals surface area contributed by atoms with Gasteiger partial charge in [0, 0.05) is 19.4 Å². The largest absolute Gasteiger partial charge is 0.445 e. The van der Waals surface area contributed by atoms with Crippen LogP contribution in [0.15, 0.2) is 30.3 Å². The number of hydrogen-bond acceptors (Lipinski definition) is 7. The average Bonchev–Trinajstić information content (AvgIpc) is 2.96. The highest BCUT2D eigenvalue weighted by molar-refractivity contribution is 6.01. The van der Waals surface area contributed by atoms with Crippen molar-refractivity contribution in [3.05, 3.63) is 35.9 Å². The number of nitrogens with zero attached hydrogens (tertiary/aromatic N) is 1. The fourth-order valence-corrected chi connectivity index (χ4v) is 2.19. The number of hydroxylamine groups is 2. The van der Waals surface area contributed by atoms with Gasteiger partial charge in [0.25, 0.3) is 11.8 Å². The van der Waals surface area contributed by atoms with Gasteiger partial charge in [-0.3, -0.25) is 9.59 Å². The summed E-state index contributed by atoms with van der Waals surface area (Å²) >= 11 is 0. The molecule has 2 rings (SSSR count). The van der Waals surface area contributed by atoms with Gasteiger partial charge in [-0.1, -0.05) is 30.3 Å².